The van der Waals surface area contributed by atoms with Crippen molar-refractivity contribution in [3.05, 3.63) is 0 Å². The summed E-state index contributed by atoms with van der Waals surface area (Å²) in [5, 5.41) is 0. The van der Waals surface area contributed by atoms with Crippen LogP contribution in [0.4, 0.5) is 0 Å². The monoisotopic (exact) mass is 166 g/mol. The Kier molecular flexibility index (Phi) is 10.3. The van der Waals surface area contributed by atoms with Crippen LogP contribution in [-0.2, 0) is 27.2 Å². The number of rotatable bonds is 0. The van der Waals surface area contributed by atoms with Gasteiger partial charge in [-0.25, -0.2) is 0 Å². The fraction of sp³-hybridized carbons (Fsp3) is 0. The Hall–Kier alpha value is 0.441. The smallest absolute Gasteiger partial charge is 0.759 e. The third-order valence-electron chi connectivity index (χ3n) is 0. The zero-order valence-electron chi connectivity index (χ0n) is 2.95. The molecule has 0 N–H and O–H groups in total. The first-order valence-corrected chi connectivity index (χ1v) is 2.00. The van der Waals surface area contributed by atoms with Gasteiger partial charge in [0.05, 0.1) is 0 Å². The first-order valence-electron chi connectivity index (χ1n) is 0.667. The predicted octanol–water partition coefficient (Wildman–Crippen LogP) is -1.72. The van der Waals surface area contributed by atoms with Crippen LogP contribution in [0.25, 0.3) is 0 Å². The first-order chi connectivity index (χ1) is 2.00. The Morgan fingerprint density at radius 2 is 1.14 bits per heavy atom. The van der Waals surface area contributed by atoms with Crippen LogP contribution >= 0.6 is 0 Å². The molecule has 0 aliphatic rings. The normalized spacial score (nSPS) is 8.29. The predicted molar refractivity (Wildman–Crippen MR) is 16.2 cm³/mol. The number of hydrogen-bond donors (Lipinski definition) is 0. The topological polar surface area (TPSA) is 80.3 Å². The minimum Gasteiger partial charge on any atom is -0.759 e. The molecule has 0 amide bonds. The molecule has 4 nitrogen and oxygen atoms in total. The van der Waals surface area contributed by atoms with Crippen LogP contribution < -0.4 is 0 Å². The second-order valence-electron chi connectivity index (χ2n) is 0.408. The Bertz CT molecular complexity index is 94.9. The summed E-state index contributed by atoms with van der Waals surface area (Å²) in [5.74, 6) is 0. The molecule has 39 valence electrons. The van der Waals surface area contributed by atoms with Crippen molar-refractivity contribution in [2.75, 3.05) is 0 Å². The fourth-order valence-electron chi connectivity index (χ4n) is 0. The van der Waals surface area contributed by atoms with Gasteiger partial charge in [-0.1, -0.05) is 0 Å². The zero-order chi connectivity index (χ0) is 4.50. The molecular weight excluding hydrogens is 166 g/mol. The minimum absolute atomic E-state index is 0. The van der Waals surface area contributed by atoms with Crippen LogP contribution in [0.3, 0.4) is 0 Å². The summed E-state index contributed by atoms with van der Waals surface area (Å²) >= 11 is 0. The molecule has 7 heteroatoms. The van der Waals surface area contributed by atoms with E-state index >= 15 is 0 Å². The molecule has 0 aromatic carbocycles. The van der Waals surface area contributed by atoms with Crippen LogP contribution in [0.15, 0.2) is 0 Å². The molecule has 0 saturated carbocycles. The number of hydrogen-bond acceptors (Lipinski definition) is 4. The Morgan fingerprint density at radius 3 is 1.14 bits per heavy atom. The van der Waals surface area contributed by atoms with Gasteiger partial charge in [0.1, 0.15) is 0 Å². The molecule has 0 heterocycles. The van der Waals surface area contributed by atoms with Gasteiger partial charge in [-0.3, -0.25) is 8.42 Å². The molecule has 0 aliphatic heterocycles. The largest absolute Gasteiger partial charge is 3.00 e. The van der Waals surface area contributed by atoms with Crippen molar-refractivity contribution in [1.29, 1.82) is 0 Å². The molecule has 1 radical (unpaired) electrons. The van der Waals surface area contributed by atoms with Crippen LogP contribution in [0, 0.1) is 0 Å². The van der Waals surface area contributed by atoms with E-state index in [1.165, 1.54) is 0 Å². The Labute approximate surface area is 53.6 Å². The van der Waals surface area contributed by atoms with E-state index in [2.05, 4.69) is 0 Å². The standard InChI is InChI=1S/B.Co.H2O4S/c;;1-5(2,3)4/h;;(H2,1,2,3,4)/q+3;+2;/p-2. The molecule has 0 saturated heterocycles. The molecule has 0 aromatic heterocycles. The van der Waals surface area contributed by atoms with Gasteiger partial charge in [0.15, 0.2) is 0 Å². The van der Waals surface area contributed by atoms with Crippen molar-refractivity contribution >= 4 is 18.8 Å². The van der Waals surface area contributed by atoms with Crippen molar-refractivity contribution in [1.82, 2.24) is 0 Å². The zero-order valence-corrected chi connectivity index (χ0v) is 4.81. The second kappa shape index (κ2) is 4.60. The molecule has 0 atom stereocenters. The van der Waals surface area contributed by atoms with Crippen molar-refractivity contribution in [3.63, 3.8) is 0 Å². The summed E-state index contributed by atoms with van der Waals surface area (Å²) in [5.41, 5.74) is 0. The average Bonchev–Trinajstić information content (AvgIpc) is 0.722. The summed E-state index contributed by atoms with van der Waals surface area (Å²) < 4.78 is 34.1. The van der Waals surface area contributed by atoms with E-state index in [1.807, 2.05) is 0 Å². The molecule has 7 heavy (non-hydrogen) atoms. The average molecular weight is 166 g/mol. The van der Waals surface area contributed by atoms with Crippen molar-refractivity contribution < 1.29 is 34.3 Å². The molecule has 0 aromatic rings. The van der Waals surface area contributed by atoms with Crippen LogP contribution in [0.5, 0.6) is 0 Å². The summed E-state index contributed by atoms with van der Waals surface area (Å²) in [7, 11) is -5.17. The van der Waals surface area contributed by atoms with Gasteiger partial charge in [-0.05, 0) is 0 Å². The maximum atomic E-state index is 8.52. The molecule has 0 bridgehead atoms. The van der Waals surface area contributed by atoms with Crippen molar-refractivity contribution in [2.24, 2.45) is 0 Å². The van der Waals surface area contributed by atoms with Gasteiger partial charge < -0.3 is 9.11 Å². The molecular formula is BCoO4S+3. The van der Waals surface area contributed by atoms with Crippen molar-refractivity contribution in [3.8, 4) is 0 Å². The molecule has 0 unspecified atom stereocenters. The summed E-state index contributed by atoms with van der Waals surface area (Å²) in [6.45, 7) is 0. The van der Waals surface area contributed by atoms with E-state index in [1.54, 1.807) is 0 Å². The maximum absolute atomic E-state index is 8.52. The third-order valence-corrected chi connectivity index (χ3v) is 0. The van der Waals surface area contributed by atoms with Gasteiger partial charge in [-0.2, -0.15) is 0 Å². The molecule has 0 rings (SSSR count). The maximum Gasteiger partial charge on any atom is 3.00 e. The molecule has 0 aliphatic carbocycles. The van der Waals surface area contributed by atoms with E-state index in [0.29, 0.717) is 0 Å². The van der Waals surface area contributed by atoms with E-state index < -0.39 is 10.4 Å². The van der Waals surface area contributed by atoms with Gasteiger partial charge in [-0.15, -0.1) is 0 Å². The van der Waals surface area contributed by atoms with E-state index in [4.69, 9.17) is 17.5 Å². The Balaban J connectivity index is -0.0000000800. The van der Waals surface area contributed by atoms with Gasteiger partial charge >= 0.3 is 25.2 Å². The van der Waals surface area contributed by atoms with Crippen LogP contribution in [0.2, 0.25) is 0 Å². The summed E-state index contributed by atoms with van der Waals surface area (Å²) in [6, 6.07) is 0. The molecule has 0 fully saturated rings. The van der Waals surface area contributed by atoms with E-state index in [0.717, 1.165) is 0 Å². The quantitative estimate of drug-likeness (QED) is 0.243. The third kappa shape index (κ3) is 652. The fourth-order valence-corrected chi connectivity index (χ4v) is 0. The van der Waals surface area contributed by atoms with Gasteiger partial charge in [0.2, 0.25) is 0 Å². The van der Waals surface area contributed by atoms with E-state index in [9.17, 15) is 0 Å². The van der Waals surface area contributed by atoms with Crippen molar-refractivity contribution in [2.45, 2.75) is 0 Å². The molecule has 0 spiro atoms. The van der Waals surface area contributed by atoms with Crippen LogP contribution in [0.1, 0.15) is 0 Å². The SMILES string of the molecule is O=S(=O)([O-])[O-].[B+3].[Co+2]. The summed E-state index contributed by atoms with van der Waals surface area (Å²) in [6.07, 6.45) is 0. The van der Waals surface area contributed by atoms with Gasteiger partial charge in [0.25, 0.3) is 0 Å². The minimum atomic E-state index is -5.17. The first kappa shape index (κ1) is 15.7. The Morgan fingerprint density at radius 1 is 1.14 bits per heavy atom. The van der Waals surface area contributed by atoms with E-state index in [-0.39, 0.29) is 25.2 Å². The summed E-state index contributed by atoms with van der Waals surface area (Å²) in [4.78, 5) is 0. The van der Waals surface area contributed by atoms with Crippen LogP contribution in [-0.4, -0.2) is 25.9 Å². The van der Waals surface area contributed by atoms with Gasteiger partial charge in [0, 0.05) is 10.4 Å². The second-order valence-corrected chi connectivity index (χ2v) is 1.22.